The standard InChI is InChI=1S/C21H28Si/c1-21(2,22(3,4)20-16-9-6-10-17-20)18-12-11-15-19-13-7-5-8-14-19/h5-10,12-14,16-18H,11,15H2,1-4H3/b18-12+. The molecule has 0 radical (unpaired) electrons. The minimum atomic E-state index is -1.52. The molecule has 2 aromatic carbocycles. The van der Waals surface area contributed by atoms with Crippen molar-refractivity contribution in [3.63, 3.8) is 0 Å². The average Bonchev–Trinajstić information content (AvgIpc) is 2.53. The second-order valence-electron chi connectivity index (χ2n) is 7.14. The van der Waals surface area contributed by atoms with E-state index in [-0.39, 0.29) is 5.04 Å². The minimum absolute atomic E-state index is 0.255. The molecule has 0 heterocycles. The third-order valence-corrected chi connectivity index (χ3v) is 10.2. The van der Waals surface area contributed by atoms with Crippen LogP contribution in [-0.4, -0.2) is 8.07 Å². The molecule has 0 amide bonds. The predicted octanol–water partition coefficient (Wildman–Crippen LogP) is 5.57. The van der Waals surface area contributed by atoms with Gasteiger partial charge in [0.2, 0.25) is 0 Å². The molecule has 0 N–H and O–H groups in total. The van der Waals surface area contributed by atoms with Gasteiger partial charge in [0.25, 0.3) is 0 Å². The summed E-state index contributed by atoms with van der Waals surface area (Å²) in [6.07, 6.45) is 7.08. The Morgan fingerprint density at radius 1 is 0.864 bits per heavy atom. The van der Waals surface area contributed by atoms with E-state index in [1.165, 1.54) is 10.8 Å². The van der Waals surface area contributed by atoms with Crippen LogP contribution in [0.15, 0.2) is 72.8 Å². The normalized spacial score (nSPS) is 12.7. The van der Waals surface area contributed by atoms with Gasteiger partial charge in [-0.05, 0) is 23.4 Å². The van der Waals surface area contributed by atoms with Gasteiger partial charge < -0.3 is 0 Å². The maximum absolute atomic E-state index is 2.48. The molecule has 0 bridgehead atoms. The van der Waals surface area contributed by atoms with Crippen molar-refractivity contribution >= 4 is 13.3 Å². The molecule has 0 aromatic heterocycles. The van der Waals surface area contributed by atoms with Gasteiger partial charge in [-0.25, -0.2) is 0 Å². The van der Waals surface area contributed by atoms with Crippen LogP contribution in [0, 0.1) is 0 Å². The Morgan fingerprint density at radius 3 is 2.00 bits per heavy atom. The van der Waals surface area contributed by atoms with Crippen molar-refractivity contribution in [3.05, 3.63) is 78.4 Å². The fraction of sp³-hybridized carbons (Fsp3) is 0.333. The highest BCUT2D eigenvalue weighted by Crippen LogP contribution is 2.38. The molecule has 1 heteroatoms. The van der Waals surface area contributed by atoms with Gasteiger partial charge in [-0.15, -0.1) is 0 Å². The topological polar surface area (TPSA) is 0 Å². The number of benzene rings is 2. The van der Waals surface area contributed by atoms with Crippen LogP contribution in [0.25, 0.3) is 0 Å². The Hall–Kier alpha value is -1.60. The minimum Gasteiger partial charge on any atom is -0.0879 e. The molecule has 116 valence electrons. The van der Waals surface area contributed by atoms with Crippen molar-refractivity contribution in [2.75, 3.05) is 0 Å². The van der Waals surface area contributed by atoms with Gasteiger partial charge in [-0.2, -0.15) is 0 Å². The van der Waals surface area contributed by atoms with Crippen molar-refractivity contribution in [3.8, 4) is 0 Å². The third-order valence-electron chi connectivity index (χ3n) is 5.08. The van der Waals surface area contributed by atoms with Gasteiger partial charge in [0.05, 0.1) is 8.07 Å². The summed E-state index contributed by atoms with van der Waals surface area (Å²) >= 11 is 0. The van der Waals surface area contributed by atoms with E-state index in [2.05, 4.69) is 99.8 Å². The first-order chi connectivity index (χ1) is 10.4. The average molecular weight is 309 g/mol. The summed E-state index contributed by atoms with van der Waals surface area (Å²) in [5, 5.41) is 1.79. The van der Waals surface area contributed by atoms with Crippen LogP contribution in [0.2, 0.25) is 18.1 Å². The van der Waals surface area contributed by atoms with Crippen LogP contribution in [0.4, 0.5) is 0 Å². The summed E-state index contributed by atoms with van der Waals surface area (Å²) in [5.74, 6) is 0. The maximum atomic E-state index is 2.48. The lowest BCUT2D eigenvalue weighted by Gasteiger charge is -2.38. The van der Waals surface area contributed by atoms with Crippen LogP contribution >= 0.6 is 0 Å². The summed E-state index contributed by atoms with van der Waals surface area (Å²) in [4.78, 5) is 0. The third kappa shape index (κ3) is 3.98. The van der Waals surface area contributed by atoms with Crippen LogP contribution < -0.4 is 5.19 Å². The molecule has 0 nitrogen and oxygen atoms in total. The lowest BCUT2D eigenvalue weighted by atomic mass is 10.1. The van der Waals surface area contributed by atoms with E-state index in [0.29, 0.717) is 0 Å². The van der Waals surface area contributed by atoms with Gasteiger partial charge in [0.1, 0.15) is 0 Å². The van der Waals surface area contributed by atoms with Crippen LogP contribution in [0.5, 0.6) is 0 Å². The fourth-order valence-electron chi connectivity index (χ4n) is 2.71. The fourth-order valence-corrected chi connectivity index (χ4v) is 5.01. The molecule has 0 unspecified atom stereocenters. The Balaban J connectivity index is 2.02. The molecular formula is C21H28Si. The smallest absolute Gasteiger partial charge is 0.0879 e. The molecule has 0 aliphatic heterocycles. The molecule has 0 aliphatic carbocycles. The highest BCUT2D eigenvalue weighted by atomic mass is 28.3. The zero-order chi connectivity index (χ0) is 16.1. The Kier molecular flexibility index (Phi) is 5.41. The molecule has 0 aliphatic rings. The van der Waals surface area contributed by atoms with E-state index in [9.17, 15) is 0 Å². The van der Waals surface area contributed by atoms with Crippen molar-refractivity contribution in [2.24, 2.45) is 0 Å². The summed E-state index contributed by atoms with van der Waals surface area (Å²) in [6.45, 7) is 9.74. The monoisotopic (exact) mass is 308 g/mol. The van der Waals surface area contributed by atoms with Gasteiger partial charge in [-0.3, -0.25) is 0 Å². The van der Waals surface area contributed by atoms with Crippen molar-refractivity contribution < 1.29 is 0 Å². The molecule has 0 spiro atoms. The van der Waals surface area contributed by atoms with E-state index in [1.54, 1.807) is 0 Å². The first kappa shape index (κ1) is 16.8. The van der Waals surface area contributed by atoms with Crippen LogP contribution in [0.3, 0.4) is 0 Å². The molecule has 0 fully saturated rings. The van der Waals surface area contributed by atoms with Crippen molar-refractivity contribution in [2.45, 2.75) is 44.8 Å². The van der Waals surface area contributed by atoms with Gasteiger partial charge >= 0.3 is 0 Å². The van der Waals surface area contributed by atoms with Crippen LogP contribution in [-0.2, 0) is 6.42 Å². The molecule has 2 rings (SSSR count). The van der Waals surface area contributed by atoms with E-state index >= 15 is 0 Å². The molecular weight excluding hydrogens is 280 g/mol. The number of hydrogen-bond donors (Lipinski definition) is 0. The summed E-state index contributed by atoms with van der Waals surface area (Å²) in [5.41, 5.74) is 1.42. The predicted molar refractivity (Wildman–Crippen MR) is 102 cm³/mol. The Morgan fingerprint density at radius 2 is 1.41 bits per heavy atom. The number of allylic oxidation sites excluding steroid dienone is 2. The van der Waals surface area contributed by atoms with Gasteiger partial charge in [0, 0.05) is 0 Å². The Bertz CT molecular complexity index is 594. The second kappa shape index (κ2) is 7.10. The van der Waals surface area contributed by atoms with E-state index in [0.717, 1.165) is 12.8 Å². The quantitative estimate of drug-likeness (QED) is 0.483. The first-order valence-electron chi connectivity index (χ1n) is 8.21. The summed E-state index contributed by atoms with van der Waals surface area (Å²) < 4.78 is 0. The maximum Gasteiger partial charge on any atom is 0.0898 e. The summed E-state index contributed by atoms with van der Waals surface area (Å²) in [6, 6.07) is 21.8. The molecule has 0 saturated heterocycles. The van der Waals surface area contributed by atoms with E-state index < -0.39 is 8.07 Å². The molecule has 0 atom stereocenters. The molecule has 2 aromatic rings. The second-order valence-corrected chi connectivity index (χ2v) is 12.3. The zero-order valence-electron chi connectivity index (χ0n) is 14.3. The van der Waals surface area contributed by atoms with Crippen molar-refractivity contribution in [1.29, 1.82) is 0 Å². The van der Waals surface area contributed by atoms with Gasteiger partial charge in [-0.1, -0.05) is 105 Å². The van der Waals surface area contributed by atoms with E-state index in [1.807, 2.05) is 0 Å². The Labute approximate surface area is 136 Å². The summed E-state index contributed by atoms with van der Waals surface area (Å²) in [7, 11) is -1.52. The SMILES string of the molecule is CC(C)(/C=C/CCc1ccccc1)[Si](C)(C)c1ccccc1. The number of rotatable bonds is 6. The lowest BCUT2D eigenvalue weighted by Crippen LogP contribution is -2.49. The highest BCUT2D eigenvalue weighted by Gasteiger charge is 2.38. The van der Waals surface area contributed by atoms with E-state index in [4.69, 9.17) is 0 Å². The first-order valence-corrected chi connectivity index (χ1v) is 11.2. The largest absolute Gasteiger partial charge is 0.0898 e. The van der Waals surface area contributed by atoms with Crippen LogP contribution in [0.1, 0.15) is 25.8 Å². The zero-order valence-corrected chi connectivity index (χ0v) is 15.3. The van der Waals surface area contributed by atoms with Crippen molar-refractivity contribution in [1.82, 2.24) is 0 Å². The molecule has 22 heavy (non-hydrogen) atoms. The molecule has 0 saturated carbocycles. The highest BCUT2D eigenvalue weighted by molar-refractivity contribution is 6.92. The number of aryl methyl sites for hydroxylation is 1. The number of hydrogen-bond acceptors (Lipinski definition) is 0. The van der Waals surface area contributed by atoms with Gasteiger partial charge in [0.15, 0.2) is 0 Å². The lowest BCUT2D eigenvalue weighted by molar-refractivity contribution is 0.809.